The molecule has 0 rings (SSSR count). The first-order chi connectivity index (χ1) is 8.92. The van der Waals surface area contributed by atoms with Crippen LogP contribution < -0.4 is 16.4 Å². The number of urea groups is 1. The van der Waals surface area contributed by atoms with Crippen molar-refractivity contribution in [2.45, 2.75) is 19.4 Å². The lowest BCUT2D eigenvalue weighted by Crippen LogP contribution is -2.50. The number of amides is 3. The Hall–Kier alpha value is -1.25. The third-order valence-corrected chi connectivity index (χ3v) is 2.82. The van der Waals surface area contributed by atoms with Crippen molar-refractivity contribution in [3.8, 4) is 0 Å². The van der Waals surface area contributed by atoms with Crippen LogP contribution in [0.3, 0.4) is 0 Å². The summed E-state index contributed by atoms with van der Waals surface area (Å²) in [5.41, 5.74) is 5.46. The Morgan fingerprint density at radius 1 is 1.42 bits per heavy atom. The van der Waals surface area contributed by atoms with Gasteiger partial charge in [-0.2, -0.15) is 0 Å². The molecule has 0 aromatic heterocycles. The van der Waals surface area contributed by atoms with Crippen LogP contribution in [0.2, 0.25) is 0 Å². The molecule has 3 amide bonds. The van der Waals surface area contributed by atoms with E-state index in [0.29, 0.717) is 31.1 Å². The molecule has 1 atom stereocenters. The van der Waals surface area contributed by atoms with Crippen LogP contribution in [0.4, 0.5) is 4.79 Å². The second-order valence-corrected chi connectivity index (χ2v) is 4.51. The van der Waals surface area contributed by atoms with E-state index in [2.05, 4.69) is 10.6 Å². The van der Waals surface area contributed by atoms with Crippen LogP contribution in [-0.2, 0) is 9.53 Å². The molecule has 0 aromatic rings. The maximum Gasteiger partial charge on any atom is 0.321 e. The Balaban J connectivity index is 4.49. The van der Waals surface area contributed by atoms with Crippen molar-refractivity contribution in [1.29, 1.82) is 0 Å². The SMILES string of the molecule is CNC(=O)NC(=O)C(C)N(CCOC)CCC(N)=S. The number of hydrogen-bond donors (Lipinski definition) is 3. The molecule has 0 aromatic carbocycles. The van der Waals surface area contributed by atoms with E-state index < -0.39 is 12.1 Å². The molecule has 19 heavy (non-hydrogen) atoms. The Morgan fingerprint density at radius 2 is 2.05 bits per heavy atom. The van der Waals surface area contributed by atoms with Crippen LogP contribution in [-0.4, -0.2) is 61.7 Å². The van der Waals surface area contributed by atoms with Crippen LogP contribution in [0.5, 0.6) is 0 Å². The van der Waals surface area contributed by atoms with Gasteiger partial charge in [0.1, 0.15) is 0 Å². The molecular weight excluding hydrogens is 268 g/mol. The molecule has 0 radical (unpaired) electrons. The summed E-state index contributed by atoms with van der Waals surface area (Å²) in [7, 11) is 3.03. The number of carbonyl (C=O) groups excluding carboxylic acids is 2. The van der Waals surface area contributed by atoms with Crippen molar-refractivity contribution >= 4 is 29.1 Å². The summed E-state index contributed by atoms with van der Waals surface area (Å²) in [4.78, 5) is 25.2. The highest BCUT2D eigenvalue weighted by atomic mass is 32.1. The third-order valence-electron chi connectivity index (χ3n) is 2.62. The molecule has 8 heteroatoms. The summed E-state index contributed by atoms with van der Waals surface area (Å²) in [6, 6.07) is -1.00. The third kappa shape index (κ3) is 7.70. The fraction of sp³-hybridized carbons (Fsp3) is 0.727. The smallest absolute Gasteiger partial charge is 0.321 e. The van der Waals surface area contributed by atoms with Gasteiger partial charge < -0.3 is 15.8 Å². The monoisotopic (exact) mass is 290 g/mol. The lowest BCUT2D eigenvalue weighted by Gasteiger charge is -2.27. The zero-order valence-corrected chi connectivity index (χ0v) is 12.4. The van der Waals surface area contributed by atoms with Crippen LogP contribution in [0.1, 0.15) is 13.3 Å². The molecule has 0 aliphatic rings. The molecule has 0 aliphatic carbocycles. The number of nitrogens with two attached hydrogens (primary N) is 1. The summed E-state index contributed by atoms with van der Waals surface area (Å²) in [5.74, 6) is -0.376. The number of rotatable bonds is 8. The summed E-state index contributed by atoms with van der Waals surface area (Å²) in [6.45, 7) is 3.30. The molecule has 0 bridgehead atoms. The van der Waals surface area contributed by atoms with E-state index in [1.807, 2.05) is 4.90 Å². The number of nitrogens with one attached hydrogen (secondary N) is 2. The molecule has 0 spiro atoms. The van der Waals surface area contributed by atoms with E-state index in [1.54, 1.807) is 14.0 Å². The zero-order valence-electron chi connectivity index (χ0n) is 11.6. The Kier molecular flexibility index (Phi) is 9.02. The fourth-order valence-corrected chi connectivity index (χ4v) is 1.50. The van der Waals surface area contributed by atoms with Gasteiger partial charge in [0.2, 0.25) is 5.91 Å². The van der Waals surface area contributed by atoms with Crippen molar-refractivity contribution in [2.24, 2.45) is 5.73 Å². The first kappa shape index (κ1) is 17.8. The molecule has 110 valence electrons. The van der Waals surface area contributed by atoms with E-state index in [1.165, 1.54) is 7.05 Å². The van der Waals surface area contributed by atoms with Gasteiger partial charge in [0.15, 0.2) is 0 Å². The van der Waals surface area contributed by atoms with E-state index in [4.69, 9.17) is 22.7 Å². The molecule has 1 unspecified atom stereocenters. The van der Waals surface area contributed by atoms with Gasteiger partial charge in [-0.1, -0.05) is 12.2 Å². The van der Waals surface area contributed by atoms with Gasteiger partial charge >= 0.3 is 6.03 Å². The van der Waals surface area contributed by atoms with Gasteiger partial charge in [-0.15, -0.1) is 0 Å². The van der Waals surface area contributed by atoms with Gasteiger partial charge in [0.25, 0.3) is 0 Å². The molecular formula is C11H22N4O3S. The number of hydrogen-bond acceptors (Lipinski definition) is 5. The summed E-state index contributed by atoms with van der Waals surface area (Å²) in [5, 5.41) is 4.57. The second-order valence-electron chi connectivity index (χ2n) is 3.99. The van der Waals surface area contributed by atoms with Gasteiger partial charge in [-0.05, 0) is 6.92 Å². The molecule has 0 aliphatic heterocycles. The van der Waals surface area contributed by atoms with E-state index in [-0.39, 0.29) is 5.91 Å². The van der Waals surface area contributed by atoms with Crippen LogP contribution in [0, 0.1) is 0 Å². The number of thiocarbonyl (C=S) groups is 1. The van der Waals surface area contributed by atoms with Crippen molar-refractivity contribution in [1.82, 2.24) is 15.5 Å². The van der Waals surface area contributed by atoms with Crippen LogP contribution in [0.25, 0.3) is 0 Å². The number of nitrogens with zero attached hydrogens (tertiary/aromatic N) is 1. The van der Waals surface area contributed by atoms with Crippen LogP contribution >= 0.6 is 12.2 Å². The minimum absolute atomic E-state index is 0.376. The normalized spacial score (nSPS) is 12.0. The summed E-state index contributed by atoms with van der Waals surface area (Å²) < 4.78 is 4.99. The predicted octanol–water partition coefficient (Wildman–Crippen LogP) is -0.545. The zero-order chi connectivity index (χ0) is 14.8. The lowest BCUT2D eigenvalue weighted by atomic mass is 10.2. The van der Waals surface area contributed by atoms with Gasteiger partial charge in [-0.25, -0.2) is 4.79 Å². The van der Waals surface area contributed by atoms with E-state index >= 15 is 0 Å². The second kappa shape index (κ2) is 9.65. The molecule has 4 N–H and O–H groups in total. The Labute approximate surface area is 118 Å². The fourth-order valence-electron chi connectivity index (χ4n) is 1.41. The molecule has 0 saturated carbocycles. The summed E-state index contributed by atoms with van der Waals surface area (Å²) in [6.07, 6.45) is 0.511. The molecule has 0 fully saturated rings. The average molecular weight is 290 g/mol. The maximum atomic E-state index is 11.8. The van der Waals surface area contributed by atoms with Gasteiger partial charge in [-0.3, -0.25) is 15.0 Å². The summed E-state index contributed by atoms with van der Waals surface area (Å²) >= 11 is 4.82. The lowest BCUT2D eigenvalue weighted by molar-refractivity contribution is -0.124. The minimum atomic E-state index is -0.530. The number of methoxy groups -OCH3 is 1. The minimum Gasteiger partial charge on any atom is -0.393 e. The first-order valence-corrected chi connectivity index (χ1v) is 6.37. The average Bonchev–Trinajstić information content (AvgIpc) is 2.37. The van der Waals surface area contributed by atoms with E-state index in [0.717, 1.165) is 0 Å². The highest BCUT2D eigenvalue weighted by molar-refractivity contribution is 7.80. The number of ether oxygens (including phenoxy) is 1. The van der Waals surface area contributed by atoms with Crippen molar-refractivity contribution in [3.05, 3.63) is 0 Å². The van der Waals surface area contributed by atoms with Crippen LogP contribution in [0.15, 0.2) is 0 Å². The molecule has 0 saturated heterocycles. The molecule has 0 heterocycles. The highest BCUT2D eigenvalue weighted by Crippen LogP contribution is 2.01. The standard InChI is InChI=1S/C11H22N4O3S/c1-8(10(16)14-11(17)13-2)15(6-7-18-3)5-4-9(12)19/h8H,4-7H2,1-3H3,(H2,12,19)(H2,13,14,16,17). The Bertz CT molecular complexity index is 325. The van der Waals surface area contributed by atoms with Gasteiger partial charge in [0, 0.05) is 33.7 Å². The van der Waals surface area contributed by atoms with Crippen molar-refractivity contribution in [2.75, 3.05) is 33.9 Å². The predicted molar refractivity (Wildman–Crippen MR) is 76.9 cm³/mol. The maximum absolute atomic E-state index is 11.8. The van der Waals surface area contributed by atoms with Gasteiger partial charge in [0.05, 0.1) is 17.6 Å². The highest BCUT2D eigenvalue weighted by Gasteiger charge is 2.22. The number of carbonyl (C=O) groups is 2. The topological polar surface area (TPSA) is 96.7 Å². The quantitative estimate of drug-likeness (QED) is 0.519. The van der Waals surface area contributed by atoms with E-state index in [9.17, 15) is 9.59 Å². The first-order valence-electron chi connectivity index (χ1n) is 5.96. The number of imide groups is 1. The van der Waals surface area contributed by atoms with Crippen molar-refractivity contribution in [3.63, 3.8) is 0 Å². The largest absolute Gasteiger partial charge is 0.393 e. The van der Waals surface area contributed by atoms with Crippen molar-refractivity contribution < 1.29 is 14.3 Å². The molecule has 7 nitrogen and oxygen atoms in total. The Morgan fingerprint density at radius 3 is 2.53 bits per heavy atom.